The van der Waals surface area contributed by atoms with E-state index >= 15 is 0 Å². The predicted octanol–water partition coefficient (Wildman–Crippen LogP) is 1.25. The number of nitrogens with two attached hydrogens (primary N) is 1. The van der Waals surface area contributed by atoms with Gasteiger partial charge in [-0.15, -0.1) is 5.10 Å². The Labute approximate surface area is 149 Å². The van der Waals surface area contributed by atoms with Crippen LogP contribution in [0.25, 0.3) is 22.4 Å². The normalized spacial score (nSPS) is 12.2. The fraction of sp³-hybridized carbons (Fsp3) is 0.143. The summed E-state index contributed by atoms with van der Waals surface area (Å²) in [7, 11) is 5.92. The van der Waals surface area contributed by atoms with Crippen molar-refractivity contribution in [2.24, 2.45) is 0 Å². The van der Waals surface area contributed by atoms with Crippen molar-refractivity contribution in [2.45, 2.75) is 10.4 Å². The van der Waals surface area contributed by atoms with E-state index < -0.39 is 3.98 Å². The Morgan fingerprint density at radius 2 is 2.08 bits per heavy atom. The monoisotopic (exact) mass is 353 g/mol. The van der Waals surface area contributed by atoms with Crippen LogP contribution in [0.3, 0.4) is 0 Å². The quantitative estimate of drug-likeness (QED) is 0.293. The molecule has 24 heavy (non-hydrogen) atoms. The molecule has 4 rings (SSSR count). The van der Waals surface area contributed by atoms with Crippen LogP contribution in [0.15, 0.2) is 37.1 Å². The third-order valence-electron chi connectivity index (χ3n) is 3.58. The van der Waals surface area contributed by atoms with Gasteiger partial charge >= 0.3 is 0 Å². The molecule has 0 unspecified atom stereocenters. The minimum atomic E-state index is -1.02. The number of hydrogen-bond donors (Lipinski definition) is 3. The number of imidazole rings is 1. The van der Waals surface area contributed by atoms with Crippen molar-refractivity contribution in [1.29, 1.82) is 0 Å². The van der Waals surface area contributed by atoms with E-state index in [0.29, 0.717) is 17.9 Å². The van der Waals surface area contributed by atoms with Gasteiger partial charge in [-0.3, -0.25) is 4.40 Å². The molecule has 0 fully saturated rings. The summed E-state index contributed by atoms with van der Waals surface area (Å²) in [5.74, 6) is 0.795. The largest absolute Gasteiger partial charge is 0.367 e. The van der Waals surface area contributed by atoms with Crippen LogP contribution in [0.4, 0.5) is 5.95 Å². The van der Waals surface area contributed by atoms with Crippen molar-refractivity contribution in [3.63, 3.8) is 0 Å². The van der Waals surface area contributed by atoms with Gasteiger partial charge < -0.3 is 5.73 Å². The Morgan fingerprint density at radius 1 is 1.25 bits per heavy atom. The summed E-state index contributed by atoms with van der Waals surface area (Å²) >= 11 is 8.55. The molecular formula is C14H12BN7S2. The molecule has 0 aliphatic carbocycles. The third-order valence-corrected chi connectivity index (χ3v) is 3.90. The minimum absolute atomic E-state index is 0.161. The topological polar surface area (TPSA) is 86.4 Å². The van der Waals surface area contributed by atoms with Gasteiger partial charge in [-0.05, 0) is 6.07 Å². The molecule has 7 nitrogen and oxygen atoms in total. The van der Waals surface area contributed by atoms with Gasteiger partial charge in [0.1, 0.15) is 7.85 Å². The van der Waals surface area contributed by atoms with Crippen molar-refractivity contribution >= 4 is 50.3 Å². The molecular weight excluding hydrogens is 341 g/mol. The summed E-state index contributed by atoms with van der Waals surface area (Å²) in [5.41, 5.74) is 9.07. The van der Waals surface area contributed by atoms with Gasteiger partial charge in [0.2, 0.25) is 11.7 Å². The number of anilines is 1. The van der Waals surface area contributed by atoms with E-state index in [1.807, 2.05) is 29.1 Å². The summed E-state index contributed by atoms with van der Waals surface area (Å²) in [6.45, 7) is 0. The maximum atomic E-state index is 5.92. The number of nitrogens with zero attached hydrogens (tertiary/aromatic N) is 6. The van der Waals surface area contributed by atoms with E-state index in [4.69, 9.17) is 13.6 Å². The number of aromatic nitrogens is 6. The van der Waals surface area contributed by atoms with Crippen LogP contribution in [0, 0.1) is 0 Å². The average molecular weight is 353 g/mol. The molecule has 2 N–H and O–H groups in total. The lowest BCUT2D eigenvalue weighted by atomic mass is 9.96. The zero-order valence-corrected chi connectivity index (χ0v) is 14.2. The van der Waals surface area contributed by atoms with Crippen LogP contribution in [-0.4, -0.2) is 40.8 Å². The second-order valence-corrected chi connectivity index (χ2v) is 7.42. The molecule has 4 aromatic heterocycles. The zero-order valence-electron chi connectivity index (χ0n) is 12.4. The highest BCUT2D eigenvalue weighted by Gasteiger charge is 2.20. The maximum Gasteiger partial charge on any atom is 0.238 e. The number of nitrogen functional groups attached to an aromatic ring is 1. The SMILES string of the molecule is [B]C(S)(S)Cc1nc(N)nn2ccc(-c3cnc4nccn4c3)c12. The molecule has 10 heteroatoms. The molecule has 4 aromatic rings. The molecule has 0 atom stereocenters. The van der Waals surface area contributed by atoms with Crippen molar-refractivity contribution in [1.82, 2.24) is 29.0 Å². The van der Waals surface area contributed by atoms with Gasteiger partial charge in [-0.25, -0.2) is 19.5 Å². The second-order valence-electron chi connectivity index (χ2n) is 5.47. The molecule has 0 bridgehead atoms. The van der Waals surface area contributed by atoms with Crippen molar-refractivity contribution in [3.05, 3.63) is 42.7 Å². The lowest BCUT2D eigenvalue weighted by Gasteiger charge is -2.17. The molecule has 2 radical (unpaired) electrons. The Morgan fingerprint density at radius 3 is 2.88 bits per heavy atom. The standard InChI is InChI=1S/C14H12BN7S2/c15-14(23,24)5-10-11-9(1-3-22(11)20-12(16)19-10)8-6-18-13-17-2-4-21(13)7-8/h1-4,6-7,23-24H,5H2,(H2,16,20). The summed E-state index contributed by atoms with van der Waals surface area (Å²) in [6.07, 6.45) is 9.37. The molecule has 0 saturated heterocycles. The van der Waals surface area contributed by atoms with Crippen LogP contribution in [0.1, 0.15) is 5.69 Å². The fourth-order valence-electron chi connectivity index (χ4n) is 2.68. The highest BCUT2D eigenvalue weighted by Crippen LogP contribution is 2.30. The predicted molar refractivity (Wildman–Crippen MR) is 99.5 cm³/mol. The molecule has 0 aromatic carbocycles. The van der Waals surface area contributed by atoms with E-state index in [1.165, 1.54) is 0 Å². The summed E-state index contributed by atoms with van der Waals surface area (Å²) in [5, 5.41) is 4.22. The number of rotatable bonds is 3. The molecule has 0 amide bonds. The zero-order chi connectivity index (χ0) is 16.9. The first-order valence-electron chi connectivity index (χ1n) is 7.07. The lowest BCUT2D eigenvalue weighted by molar-refractivity contribution is 0.870. The van der Waals surface area contributed by atoms with Crippen molar-refractivity contribution in [2.75, 3.05) is 5.73 Å². The van der Waals surface area contributed by atoms with Crippen molar-refractivity contribution in [3.8, 4) is 11.1 Å². The van der Waals surface area contributed by atoms with Crippen molar-refractivity contribution < 1.29 is 0 Å². The highest BCUT2D eigenvalue weighted by atomic mass is 32.2. The van der Waals surface area contributed by atoms with E-state index in [9.17, 15) is 0 Å². The van der Waals surface area contributed by atoms with Gasteiger partial charge in [0.25, 0.3) is 0 Å². The van der Waals surface area contributed by atoms with Gasteiger partial charge in [0.15, 0.2) is 0 Å². The maximum absolute atomic E-state index is 5.92. The highest BCUT2D eigenvalue weighted by molar-refractivity contribution is 8.02. The summed E-state index contributed by atoms with van der Waals surface area (Å²) < 4.78 is 2.51. The summed E-state index contributed by atoms with van der Waals surface area (Å²) in [6, 6.07) is 1.93. The molecule has 0 saturated carbocycles. The fourth-order valence-corrected chi connectivity index (χ4v) is 2.97. The number of hydrogen-bond acceptors (Lipinski definition) is 7. The Balaban J connectivity index is 1.95. The van der Waals surface area contributed by atoms with Crippen LogP contribution < -0.4 is 5.73 Å². The Kier molecular flexibility index (Phi) is 3.46. The smallest absolute Gasteiger partial charge is 0.238 e. The number of thiol groups is 2. The van der Waals surface area contributed by atoms with E-state index in [0.717, 1.165) is 16.6 Å². The Bertz CT molecular complexity index is 1050. The number of fused-ring (bicyclic) bond motifs is 2. The minimum Gasteiger partial charge on any atom is -0.367 e. The van der Waals surface area contributed by atoms with Crippen LogP contribution in [0.5, 0.6) is 0 Å². The van der Waals surface area contributed by atoms with Gasteiger partial charge in [-0.2, -0.15) is 25.3 Å². The lowest BCUT2D eigenvalue weighted by Crippen LogP contribution is -2.19. The van der Waals surface area contributed by atoms with Crippen LogP contribution in [0.2, 0.25) is 0 Å². The van der Waals surface area contributed by atoms with Gasteiger partial charge in [0.05, 0.1) is 11.2 Å². The second kappa shape index (κ2) is 5.42. The van der Waals surface area contributed by atoms with Crippen LogP contribution in [-0.2, 0) is 6.42 Å². The van der Waals surface area contributed by atoms with E-state index in [1.54, 1.807) is 16.9 Å². The molecule has 0 aliphatic rings. The summed E-state index contributed by atoms with van der Waals surface area (Å²) in [4.78, 5) is 12.8. The molecule has 0 aliphatic heterocycles. The average Bonchev–Trinajstić information content (AvgIpc) is 3.10. The molecule has 118 valence electrons. The molecule has 4 heterocycles. The van der Waals surface area contributed by atoms with E-state index in [2.05, 4.69) is 45.3 Å². The Hall–Kier alpha value is -2.20. The van der Waals surface area contributed by atoms with Crippen LogP contribution >= 0.6 is 25.3 Å². The first-order chi connectivity index (χ1) is 11.4. The van der Waals surface area contributed by atoms with Gasteiger partial charge in [0, 0.05) is 52.5 Å². The first kappa shape index (κ1) is 15.3. The van der Waals surface area contributed by atoms with Gasteiger partial charge in [-0.1, -0.05) is 0 Å². The molecule has 0 spiro atoms. The van der Waals surface area contributed by atoms with E-state index in [-0.39, 0.29) is 5.95 Å². The third kappa shape index (κ3) is 2.71. The first-order valence-corrected chi connectivity index (χ1v) is 7.97.